The van der Waals surface area contributed by atoms with E-state index in [1.165, 1.54) is 12.4 Å². The van der Waals surface area contributed by atoms with Gasteiger partial charge in [0.05, 0.1) is 5.56 Å². The molecule has 5 nitrogen and oxygen atoms in total. The molecule has 3 rings (SSSR count). The van der Waals surface area contributed by atoms with Crippen LogP contribution in [0.15, 0.2) is 54.9 Å². The zero-order valence-corrected chi connectivity index (χ0v) is 15.5. The lowest BCUT2D eigenvalue weighted by molar-refractivity contribution is 0.102. The van der Waals surface area contributed by atoms with E-state index in [2.05, 4.69) is 20.6 Å². The summed E-state index contributed by atoms with van der Waals surface area (Å²) in [4.78, 5) is 20.7. The van der Waals surface area contributed by atoms with Crippen LogP contribution in [0.3, 0.4) is 0 Å². The summed E-state index contributed by atoms with van der Waals surface area (Å²) in [7, 11) is 0. The molecule has 7 heteroatoms. The van der Waals surface area contributed by atoms with Crippen molar-refractivity contribution < 1.29 is 4.79 Å². The van der Waals surface area contributed by atoms with Crippen molar-refractivity contribution in [1.29, 1.82) is 0 Å². The first kappa shape index (κ1) is 18.2. The first-order valence-corrected chi connectivity index (χ1v) is 8.65. The van der Waals surface area contributed by atoms with E-state index in [1.54, 1.807) is 12.1 Å². The molecular weight excluding hydrogens is 371 g/mol. The summed E-state index contributed by atoms with van der Waals surface area (Å²) in [6.07, 6.45) is 2.94. The van der Waals surface area contributed by atoms with Crippen LogP contribution in [0.5, 0.6) is 0 Å². The Morgan fingerprint density at radius 1 is 1.08 bits per heavy atom. The molecule has 3 aromatic rings. The second-order valence-electron chi connectivity index (χ2n) is 5.65. The van der Waals surface area contributed by atoms with Crippen molar-refractivity contribution in [3.63, 3.8) is 0 Å². The van der Waals surface area contributed by atoms with E-state index in [0.29, 0.717) is 33.8 Å². The van der Waals surface area contributed by atoms with E-state index in [1.807, 2.05) is 37.3 Å². The third-order valence-corrected chi connectivity index (χ3v) is 4.36. The Hall–Kier alpha value is -2.63. The van der Waals surface area contributed by atoms with Crippen LogP contribution in [0.25, 0.3) is 0 Å². The summed E-state index contributed by atoms with van der Waals surface area (Å²) in [6.45, 7) is 2.39. The number of anilines is 2. The largest absolute Gasteiger partial charge is 0.350 e. The second kappa shape index (κ2) is 8.17. The zero-order chi connectivity index (χ0) is 18.5. The molecule has 0 spiro atoms. The molecule has 1 amide bonds. The summed E-state index contributed by atoms with van der Waals surface area (Å²) in [5, 5.41) is 7.12. The van der Waals surface area contributed by atoms with Crippen molar-refractivity contribution in [1.82, 2.24) is 9.97 Å². The molecule has 1 heterocycles. The number of hydrogen-bond donors (Lipinski definition) is 2. The molecule has 1 aromatic heterocycles. The van der Waals surface area contributed by atoms with Gasteiger partial charge >= 0.3 is 0 Å². The van der Waals surface area contributed by atoms with E-state index >= 15 is 0 Å². The van der Waals surface area contributed by atoms with Gasteiger partial charge in [0.2, 0.25) is 5.95 Å². The van der Waals surface area contributed by atoms with Crippen molar-refractivity contribution in [2.45, 2.75) is 13.5 Å². The van der Waals surface area contributed by atoms with Crippen LogP contribution in [-0.2, 0) is 6.54 Å². The van der Waals surface area contributed by atoms with Gasteiger partial charge < -0.3 is 10.6 Å². The number of aromatic nitrogens is 2. The lowest BCUT2D eigenvalue weighted by Crippen LogP contribution is -2.14. The maximum atomic E-state index is 12.3. The van der Waals surface area contributed by atoms with Gasteiger partial charge in [-0.25, -0.2) is 9.97 Å². The van der Waals surface area contributed by atoms with Gasteiger partial charge in [0.25, 0.3) is 5.91 Å². The molecule has 26 heavy (non-hydrogen) atoms. The Morgan fingerprint density at radius 3 is 2.54 bits per heavy atom. The Balaban J connectivity index is 1.64. The number of halogens is 2. The number of aryl methyl sites for hydroxylation is 1. The number of hydrogen-bond acceptors (Lipinski definition) is 4. The lowest BCUT2D eigenvalue weighted by Gasteiger charge is -2.09. The highest BCUT2D eigenvalue weighted by atomic mass is 35.5. The lowest BCUT2D eigenvalue weighted by atomic mass is 10.2. The standard InChI is InChI=1S/C19H16Cl2N4O/c1-12-6-7-15(20)8-17(12)25-18(26)14-10-23-19(24-11-14)22-9-13-4-2-3-5-16(13)21/h2-8,10-11H,9H2,1H3,(H,25,26)(H,22,23,24). The van der Waals surface area contributed by atoms with E-state index < -0.39 is 0 Å². The molecule has 0 saturated carbocycles. The van der Waals surface area contributed by atoms with Gasteiger partial charge in [-0.15, -0.1) is 0 Å². The van der Waals surface area contributed by atoms with Crippen LogP contribution in [0.4, 0.5) is 11.6 Å². The fourth-order valence-corrected chi connectivity index (χ4v) is 2.65. The fraction of sp³-hybridized carbons (Fsp3) is 0.105. The quantitative estimate of drug-likeness (QED) is 0.650. The summed E-state index contributed by atoms with van der Waals surface area (Å²) in [6, 6.07) is 12.8. The second-order valence-corrected chi connectivity index (χ2v) is 6.50. The topological polar surface area (TPSA) is 66.9 Å². The Labute approximate surface area is 161 Å². The zero-order valence-electron chi connectivity index (χ0n) is 14.0. The third-order valence-electron chi connectivity index (χ3n) is 3.76. The molecule has 0 aliphatic rings. The smallest absolute Gasteiger partial charge is 0.258 e. The Kier molecular flexibility index (Phi) is 5.71. The number of nitrogens with one attached hydrogen (secondary N) is 2. The normalized spacial score (nSPS) is 10.4. The number of carbonyl (C=O) groups is 1. The molecule has 0 fully saturated rings. The monoisotopic (exact) mass is 386 g/mol. The van der Waals surface area contributed by atoms with Crippen LogP contribution in [-0.4, -0.2) is 15.9 Å². The van der Waals surface area contributed by atoms with Gasteiger partial charge in [-0.05, 0) is 36.2 Å². The predicted molar refractivity (Wildman–Crippen MR) is 105 cm³/mol. The summed E-state index contributed by atoms with van der Waals surface area (Å²) in [5.74, 6) is 0.119. The number of benzene rings is 2. The number of rotatable bonds is 5. The van der Waals surface area contributed by atoms with Crippen molar-refractivity contribution in [3.8, 4) is 0 Å². The average molecular weight is 387 g/mol. The van der Waals surface area contributed by atoms with Gasteiger partial charge in [0.15, 0.2) is 0 Å². The molecule has 132 valence electrons. The highest BCUT2D eigenvalue weighted by Crippen LogP contribution is 2.21. The van der Waals surface area contributed by atoms with Gasteiger partial charge in [-0.1, -0.05) is 47.5 Å². The molecule has 0 unspecified atom stereocenters. The summed E-state index contributed by atoms with van der Waals surface area (Å²) >= 11 is 12.1. The molecule has 0 radical (unpaired) electrons. The maximum absolute atomic E-state index is 12.3. The predicted octanol–water partition coefficient (Wildman–Crippen LogP) is 4.96. The van der Waals surface area contributed by atoms with Gasteiger partial charge in [-0.3, -0.25) is 4.79 Å². The maximum Gasteiger partial charge on any atom is 0.258 e. The Morgan fingerprint density at radius 2 is 1.81 bits per heavy atom. The molecular formula is C19H16Cl2N4O. The number of nitrogens with zero attached hydrogens (tertiary/aromatic N) is 2. The van der Waals surface area contributed by atoms with Crippen molar-refractivity contribution in [3.05, 3.63) is 81.6 Å². The minimum absolute atomic E-state index is 0.298. The highest BCUT2D eigenvalue weighted by molar-refractivity contribution is 6.31. The average Bonchev–Trinajstić information content (AvgIpc) is 2.64. The highest BCUT2D eigenvalue weighted by Gasteiger charge is 2.10. The van der Waals surface area contributed by atoms with E-state index in [-0.39, 0.29) is 5.91 Å². The summed E-state index contributed by atoms with van der Waals surface area (Å²) < 4.78 is 0. The minimum atomic E-state index is -0.298. The van der Waals surface area contributed by atoms with Crippen LogP contribution in [0.2, 0.25) is 10.0 Å². The van der Waals surface area contributed by atoms with Crippen LogP contribution < -0.4 is 10.6 Å². The van der Waals surface area contributed by atoms with Crippen molar-refractivity contribution in [2.24, 2.45) is 0 Å². The molecule has 2 N–H and O–H groups in total. The van der Waals surface area contributed by atoms with Crippen LogP contribution in [0.1, 0.15) is 21.5 Å². The molecule has 0 aliphatic carbocycles. The molecule has 0 saturated heterocycles. The van der Waals surface area contributed by atoms with Gasteiger partial charge in [0, 0.05) is 34.7 Å². The fourth-order valence-electron chi connectivity index (χ4n) is 2.28. The van der Waals surface area contributed by atoms with Gasteiger partial charge in [-0.2, -0.15) is 0 Å². The third kappa shape index (κ3) is 4.50. The summed E-state index contributed by atoms with van der Waals surface area (Å²) in [5.41, 5.74) is 2.87. The molecule has 0 bridgehead atoms. The van der Waals surface area contributed by atoms with Crippen LogP contribution in [0, 0.1) is 6.92 Å². The van der Waals surface area contributed by atoms with E-state index in [0.717, 1.165) is 11.1 Å². The van der Waals surface area contributed by atoms with E-state index in [9.17, 15) is 4.79 Å². The molecule has 0 atom stereocenters. The van der Waals surface area contributed by atoms with Crippen molar-refractivity contribution in [2.75, 3.05) is 10.6 Å². The number of amides is 1. The first-order valence-electron chi connectivity index (χ1n) is 7.90. The van der Waals surface area contributed by atoms with Gasteiger partial charge in [0.1, 0.15) is 0 Å². The number of carbonyl (C=O) groups excluding carboxylic acids is 1. The van der Waals surface area contributed by atoms with Crippen LogP contribution >= 0.6 is 23.2 Å². The SMILES string of the molecule is Cc1ccc(Cl)cc1NC(=O)c1cnc(NCc2ccccc2Cl)nc1. The van der Waals surface area contributed by atoms with E-state index in [4.69, 9.17) is 23.2 Å². The molecule has 0 aliphatic heterocycles. The first-order chi connectivity index (χ1) is 12.5. The van der Waals surface area contributed by atoms with Crippen molar-refractivity contribution >= 4 is 40.7 Å². The minimum Gasteiger partial charge on any atom is -0.350 e. The Bertz CT molecular complexity index is 929. The molecule has 2 aromatic carbocycles.